The lowest BCUT2D eigenvalue weighted by Gasteiger charge is -2.23. The van der Waals surface area contributed by atoms with Crippen LogP contribution in [0.2, 0.25) is 0 Å². The van der Waals surface area contributed by atoms with E-state index < -0.39 is 28.3 Å². The Morgan fingerprint density at radius 1 is 1.38 bits per heavy atom. The molecular weight excluding hydrogens is 362 g/mol. The molecule has 1 saturated heterocycles. The van der Waals surface area contributed by atoms with Crippen molar-refractivity contribution in [3.8, 4) is 0 Å². The maximum absolute atomic E-state index is 12.4. The van der Waals surface area contributed by atoms with E-state index in [0.29, 0.717) is 24.3 Å². The first kappa shape index (κ1) is 18.2. The topological polar surface area (TPSA) is 124 Å². The molecule has 10 nitrogen and oxygen atoms in total. The van der Waals surface area contributed by atoms with Gasteiger partial charge in [-0.15, -0.1) is 0 Å². The van der Waals surface area contributed by atoms with Crippen LogP contribution in [-0.4, -0.2) is 76.0 Å². The Kier molecular flexibility index (Phi) is 4.90. The monoisotopic (exact) mass is 381 g/mol. The van der Waals surface area contributed by atoms with Crippen LogP contribution in [0.4, 0.5) is 0 Å². The molecule has 0 bridgehead atoms. The number of aryl methyl sites for hydroxylation is 1. The third kappa shape index (κ3) is 3.52. The first-order chi connectivity index (χ1) is 12.3. The van der Waals surface area contributed by atoms with Crippen LogP contribution in [-0.2, 0) is 25.8 Å². The number of amides is 1. The van der Waals surface area contributed by atoms with E-state index in [1.807, 2.05) is 6.92 Å². The van der Waals surface area contributed by atoms with Crippen LogP contribution in [0.1, 0.15) is 29.4 Å². The minimum absolute atomic E-state index is 0.0595. The molecule has 26 heavy (non-hydrogen) atoms. The molecule has 0 spiro atoms. The van der Waals surface area contributed by atoms with Crippen LogP contribution in [0.15, 0.2) is 12.5 Å². The molecule has 11 heteroatoms. The summed E-state index contributed by atoms with van der Waals surface area (Å²) in [6, 6.07) is -0.384. The number of aromatic nitrogens is 4. The van der Waals surface area contributed by atoms with Crippen molar-refractivity contribution in [1.82, 2.24) is 24.5 Å². The Bertz CT molecular complexity index is 954. The zero-order valence-electron chi connectivity index (χ0n) is 14.5. The number of hydrogen-bond donors (Lipinski definition) is 0. The fourth-order valence-corrected chi connectivity index (χ4v) is 4.70. The van der Waals surface area contributed by atoms with Gasteiger partial charge in [0.05, 0.1) is 22.8 Å². The minimum Gasteiger partial charge on any atom is -0.452 e. The van der Waals surface area contributed by atoms with Gasteiger partial charge < -0.3 is 9.64 Å². The van der Waals surface area contributed by atoms with Crippen molar-refractivity contribution in [2.24, 2.45) is 0 Å². The summed E-state index contributed by atoms with van der Waals surface area (Å²) in [7, 11) is -1.58. The second-order valence-corrected chi connectivity index (χ2v) is 8.31. The predicted molar refractivity (Wildman–Crippen MR) is 90.3 cm³/mol. The molecule has 3 rings (SSSR count). The summed E-state index contributed by atoms with van der Waals surface area (Å²) >= 11 is 0. The summed E-state index contributed by atoms with van der Waals surface area (Å²) in [6.45, 7) is 1.39. The van der Waals surface area contributed by atoms with Crippen LogP contribution in [0.5, 0.6) is 0 Å². The van der Waals surface area contributed by atoms with Gasteiger partial charge in [-0.1, -0.05) is 6.92 Å². The van der Waals surface area contributed by atoms with E-state index >= 15 is 0 Å². The lowest BCUT2D eigenvalue weighted by atomic mass is 10.2. The summed E-state index contributed by atoms with van der Waals surface area (Å²) in [4.78, 5) is 33.9. The normalized spacial score (nSPS) is 18.8. The molecule has 0 aliphatic carbocycles. The van der Waals surface area contributed by atoms with Gasteiger partial charge in [-0.2, -0.15) is 10.1 Å². The van der Waals surface area contributed by atoms with Gasteiger partial charge in [0.2, 0.25) is 0 Å². The highest BCUT2D eigenvalue weighted by molar-refractivity contribution is 7.91. The van der Waals surface area contributed by atoms with Crippen LogP contribution in [0, 0.1) is 0 Å². The Morgan fingerprint density at radius 3 is 2.81 bits per heavy atom. The number of rotatable bonds is 5. The third-order valence-electron chi connectivity index (χ3n) is 4.44. The molecule has 2 aromatic rings. The molecule has 0 aromatic carbocycles. The molecule has 1 atom stereocenters. The van der Waals surface area contributed by atoms with E-state index in [1.54, 1.807) is 0 Å². The van der Waals surface area contributed by atoms with Crippen LogP contribution >= 0.6 is 0 Å². The highest BCUT2D eigenvalue weighted by Gasteiger charge is 2.33. The average Bonchev–Trinajstić information content (AvgIpc) is 3.23. The molecular formula is C15H19N5O5S. The summed E-state index contributed by atoms with van der Waals surface area (Å²) < 4.78 is 29.6. The maximum atomic E-state index is 12.4. The second-order valence-electron chi connectivity index (χ2n) is 6.08. The number of nitrogens with zero attached hydrogens (tertiary/aromatic N) is 5. The maximum Gasteiger partial charge on any atom is 0.342 e. The second kappa shape index (κ2) is 6.98. The van der Waals surface area contributed by atoms with Crippen molar-refractivity contribution in [3.05, 3.63) is 23.8 Å². The van der Waals surface area contributed by atoms with Gasteiger partial charge in [0, 0.05) is 19.3 Å². The molecule has 140 valence electrons. The Morgan fingerprint density at radius 2 is 2.15 bits per heavy atom. The Balaban J connectivity index is 1.66. The van der Waals surface area contributed by atoms with E-state index in [0.717, 1.165) is 0 Å². The molecule has 0 saturated carbocycles. The van der Waals surface area contributed by atoms with Gasteiger partial charge in [0.1, 0.15) is 6.33 Å². The van der Waals surface area contributed by atoms with Crippen LogP contribution in [0.25, 0.3) is 5.78 Å². The zero-order valence-corrected chi connectivity index (χ0v) is 15.3. The Hall–Kier alpha value is -2.56. The van der Waals surface area contributed by atoms with E-state index in [1.165, 1.54) is 29.0 Å². The van der Waals surface area contributed by atoms with Crippen molar-refractivity contribution in [1.29, 1.82) is 0 Å². The fraction of sp³-hybridized carbons (Fsp3) is 0.533. The van der Waals surface area contributed by atoms with Crippen LogP contribution < -0.4 is 0 Å². The fourth-order valence-electron chi connectivity index (χ4n) is 2.93. The smallest absolute Gasteiger partial charge is 0.342 e. The number of hydrogen-bond acceptors (Lipinski definition) is 8. The van der Waals surface area contributed by atoms with Crippen molar-refractivity contribution in [3.63, 3.8) is 0 Å². The molecule has 1 amide bonds. The molecule has 3 heterocycles. The van der Waals surface area contributed by atoms with E-state index in [2.05, 4.69) is 15.1 Å². The molecule has 1 unspecified atom stereocenters. The van der Waals surface area contributed by atoms with Crippen molar-refractivity contribution < 1.29 is 22.7 Å². The van der Waals surface area contributed by atoms with Gasteiger partial charge in [-0.05, 0) is 12.8 Å². The van der Waals surface area contributed by atoms with E-state index in [4.69, 9.17) is 4.74 Å². The number of esters is 1. The summed E-state index contributed by atoms with van der Waals surface area (Å²) in [5.74, 6) is -0.758. The van der Waals surface area contributed by atoms with Gasteiger partial charge in [0.25, 0.3) is 11.7 Å². The number of ether oxygens (including phenoxy) is 1. The minimum atomic E-state index is -3.10. The summed E-state index contributed by atoms with van der Waals surface area (Å²) in [5, 5.41) is 4.03. The molecule has 1 fully saturated rings. The lowest BCUT2D eigenvalue weighted by Crippen LogP contribution is -2.40. The van der Waals surface area contributed by atoms with Gasteiger partial charge in [-0.3, -0.25) is 4.79 Å². The third-order valence-corrected chi connectivity index (χ3v) is 6.19. The number of fused-ring (bicyclic) bond motifs is 1. The summed E-state index contributed by atoms with van der Waals surface area (Å²) in [5.41, 5.74) is 0.796. The first-order valence-corrected chi connectivity index (χ1v) is 9.95. The first-order valence-electron chi connectivity index (χ1n) is 8.13. The summed E-state index contributed by atoms with van der Waals surface area (Å²) in [6.07, 6.45) is 3.58. The standard InChI is InChI=1S/C15H19N5O5S/c1-3-12-11(6-16-15-17-9-18-20(12)15)14(22)25-7-13(21)19(2)10-4-5-26(23,24)8-10/h6,9-10H,3-5,7-8H2,1-2H3. The molecule has 1 aliphatic heterocycles. The Labute approximate surface area is 150 Å². The predicted octanol–water partition coefficient (Wildman–Crippen LogP) is -0.511. The van der Waals surface area contributed by atoms with Gasteiger partial charge >= 0.3 is 5.97 Å². The van der Waals surface area contributed by atoms with Crippen molar-refractivity contribution >= 4 is 27.5 Å². The van der Waals surface area contributed by atoms with Crippen molar-refractivity contribution in [2.75, 3.05) is 25.2 Å². The molecule has 1 aliphatic rings. The van der Waals surface area contributed by atoms with E-state index in [-0.39, 0.29) is 23.1 Å². The van der Waals surface area contributed by atoms with E-state index in [9.17, 15) is 18.0 Å². The number of likely N-dealkylation sites (N-methyl/N-ethyl adjacent to an activating group) is 1. The van der Waals surface area contributed by atoms with Crippen molar-refractivity contribution in [2.45, 2.75) is 25.8 Å². The number of carbonyl (C=O) groups is 2. The largest absolute Gasteiger partial charge is 0.452 e. The van der Waals surface area contributed by atoms with Gasteiger partial charge in [-0.25, -0.2) is 22.7 Å². The molecule has 0 N–H and O–H groups in total. The van der Waals surface area contributed by atoms with Crippen LogP contribution in [0.3, 0.4) is 0 Å². The quantitative estimate of drug-likeness (QED) is 0.634. The number of carbonyl (C=O) groups excluding carboxylic acids is 2. The zero-order chi connectivity index (χ0) is 18.9. The van der Waals surface area contributed by atoms with Gasteiger partial charge in [0.15, 0.2) is 16.4 Å². The SMILES string of the molecule is CCc1c(C(=O)OCC(=O)N(C)C2CCS(=O)(=O)C2)cnc2ncnn12. The molecule has 2 aromatic heterocycles. The lowest BCUT2D eigenvalue weighted by molar-refractivity contribution is -0.134. The average molecular weight is 381 g/mol. The molecule has 0 radical (unpaired) electrons. The number of sulfone groups is 1. The highest BCUT2D eigenvalue weighted by Crippen LogP contribution is 2.17. The highest BCUT2D eigenvalue weighted by atomic mass is 32.2.